The quantitative estimate of drug-likeness (QED) is 0.850. The van der Waals surface area contributed by atoms with Crippen LogP contribution < -0.4 is 10.2 Å². The highest BCUT2D eigenvalue weighted by Crippen LogP contribution is 2.20. The van der Waals surface area contributed by atoms with Gasteiger partial charge in [0, 0.05) is 24.8 Å². The average Bonchev–Trinajstić information content (AvgIpc) is 2.78. The summed E-state index contributed by atoms with van der Waals surface area (Å²) in [6.45, 7) is 8.82. The van der Waals surface area contributed by atoms with E-state index in [1.54, 1.807) is 6.20 Å². The molecule has 21 heavy (non-hydrogen) atoms. The molecule has 1 aromatic rings. The first-order valence-electron chi connectivity index (χ1n) is 6.98. The minimum atomic E-state index is -0.490. The predicted molar refractivity (Wildman–Crippen MR) is 81.8 cm³/mol. The van der Waals surface area contributed by atoms with Gasteiger partial charge >= 0.3 is 6.09 Å². The molecule has 1 atom stereocenters. The van der Waals surface area contributed by atoms with Gasteiger partial charge in [-0.3, -0.25) is 0 Å². The minimum absolute atomic E-state index is 0.0310. The molecule has 1 aromatic heterocycles. The van der Waals surface area contributed by atoms with Crippen LogP contribution >= 0.6 is 11.6 Å². The van der Waals surface area contributed by atoms with E-state index in [9.17, 15) is 4.79 Å². The van der Waals surface area contributed by atoms with Crippen LogP contribution in [-0.4, -0.2) is 40.8 Å². The number of nitrogens with one attached hydrogen (secondary N) is 1. The summed E-state index contributed by atoms with van der Waals surface area (Å²) in [7, 11) is 0. The Kier molecular flexibility index (Phi) is 4.56. The van der Waals surface area contributed by atoms with E-state index < -0.39 is 11.7 Å². The lowest BCUT2D eigenvalue weighted by Crippen LogP contribution is -2.40. The molecule has 0 aliphatic carbocycles. The molecular formula is C14H21ClN4O2. The molecule has 0 saturated carbocycles. The number of ether oxygens (including phenoxy) is 1. The number of alkyl carbamates (subject to hydrolysis) is 1. The first kappa shape index (κ1) is 15.8. The van der Waals surface area contributed by atoms with E-state index in [0.29, 0.717) is 17.6 Å². The van der Waals surface area contributed by atoms with Crippen LogP contribution in [0.15, 0.2) is 6.20 Å². The predicted octanol–water partition coefficient (Wildman–Crippen LogP) is 2.54. The summed E-state index contributed by atoms with van der Waals surface area (Å²) in [5, 5.41) is 3.33. The van der Waals surface area contributed by atoms with E-state index in [1.807, 2.05) is 32.6 Å². The van der Waals surface area contributed by atoms with E-state index in [4.69, 9.17) is 16.3 Å². The molecule has 2 rings (SSSR count). The molecule has 2 heterocycles. The van der Waals surface area contributed by atoms with Gasteiger partial charge in [-0.2, -0.15) is 0 Å². The van der Waals surface area contributed by atoms with Crippen molar-refractivity contribution in [2.24, 2.45) is 0 Å². The first-order chi connectivity index (χ1) is 9.74. The van der Waals surface area contributed by atoms with Crippen LogP contribution in [0.3, 0.4) is 0 Å². The Balaban J connectivity index is 1.91. The Labute approximate surface area is 129 Å². The average molecular weight is 313 g/mol. The molecule has 1 saturated heterocycles. The van der Waals surface area contributed by atoms with Gasteiger partial charge in [-0.05, 0) is 34.1 Å². The molecule has 1 aliphatic rings. The van der Waals surface area contributed by atoms with Crippen molar-refractivity contribution in [2.75, 3.05) is 18.0 Å². The second-order valence-corrected chi connectivity index (χ2v) is 6.58. The largest absolute Gasteiger partial charge is 0.444 e. The summed E-state index contributed by atoms with van der Waals surface area (Å²) in [6.07, 6.45) is 2.14. The molecule has 0 aromatic carbocycles. The topological polar surface area (TPSA) is 67.4 Å². The number of aromatic nitrogens is 2. The molecule has 1 aliphatic heterocycles. The zero-order valence-electron chi connectivity index (χ0n) is 12.8. The van der Waals surface area contributed by atoms with E-state index in [1.165, 1.54) is 0 Å². The highest BCUT2D eigenvalue weighted by Gasteiger charge is 2.27. The lowest BCUT2D eigenvalue weighted by atomic mass is 10.2. The second-order valence-electron chi connectivity index (χ2n) is 6.22. The van der Waals surface area contributed by atoms with E-state index in [-0.39, 0.29) is 6.04 Å². The number of nitrogens with zero attached hydrogens (tertiary/aromatic N) is 3. The van der Waals surface area contributed by atoms with Gasteiger partial charge in [-0.15, -0.1) is 0 Å². The monoisotopic (exact) mass is 312 g/mol. The number of aryl methyl sites for hydroxylation is 1. The van der Waals surface area contributed by atoms with E-state index in [2.05, 4.69) is 15.3 Å². The van der Waals surface area contributed by atoms with Gasteiger partial charge in [0.05, 0.1) is 6.04 Å². The van der Waals surface area contributed by atoms with E-state index in [0.717, 1.165) is 18.5 Å². The van der Waals surface area contributed by atoms with Crippen LogP contribution in [0.1, 0.15) is 32.8 Å². The Hall–Kier alpha value is -1.56. The molecule has 116 valence electrons. The zero-order valence-corrected chi connectivity index (χ0v) is 13.6. The minimum Gasteiger partial charge on any atom is -0.444 e. The molecule has 1 unspecified atom stereocenters. The highest BCUT2D eigenvalue weighted by molar-refractivity contribution is 6.30. The third-order valence-corrected chi connectivity index (χ3v) is 3.47. The molecule has 7 heteroatoms. The van der Waals surface area contributed by atoms with Crippen molar-refractivity contribution < 1.29 is 9.53 Å². The fraction of sp³-hybridized carbons (Fsp3) is 0.643. The van der Waals surface area contributed by atoms with Gasteiger partial charge in [-0.1, -0.05) is 11.6 Å². The second kappa shape index (κ2) is 6.05. The van der Waals surface area contributed by atoms with Gasteiger partial charge in [0.15, 0.2) is 0 Å². The van der Waals surface area contributed by atoms with Crippen molar-refractivity contribution in [3.63, 3.8) is 0 Å². The lowest BCUT2D eigenvalue weighted by Gasteiger charge is -2.22. The number of carbonyl (C=O) groups is 1. The molecule has 1 N–H and O–H groups in total. The maximum Gasteiger partial charge on any atom is 0.407 e. The number of amides is 1. The van der Waals surface area contributed by atoms with E-state index >= 15 is 0 Å². The summed E-state index contributed by atoms with van der Waals surface area (Å²) >= 11 is 6.02. The Bertz CT molecular complexity index is 530. The van der Waals surface area contributed by atoms with Gasteiger partial charge < -0.3 is 15.0 Å². The number of hydrogen-bond donors (Lipinski definition) is 1. The van der Waals surface area contributed by atoms with Crippen molar-refractivity contribution in [1.29, 1.82) is 0 Å². The van der Waals surface area contributed by atoms with Crippen molar-refractivity contribution in [3.8, 4) is 0 Å². The summed E-state index contributed by atoms with van der Waals surface area (Å²) in [4.78, 5) is 22.3. The van der Waals surface area contributed by atoms with Crippen molar-refractivity contribution in [1.82, 2.24) is 15.3 Å². The SMILES string of the molecule is Cc1cnc(N2CCC(NC(=O)OC(C)(C)C)C2)nc1Cl. The van der Waals surface area contributed by atoms with Crippen molar-refractivity contribution in [3.05, 3.63) is 16.9 Å². The third kappa shape index (κ3) is 4.46. The number of hydrogen-bond acceptors (Lipinski definition) is 5. The molecular weight excluding hydrogens is 292 g/mol. The Morgan fingerprint density at radius 2 is 2.24 bits per heavy atom. The Morgan fingerprint density at radius 3 is 2.86 bits per heavy atom. The maximum atomic E-state index is 11.8. The summed E-state index contributed by atoms with van der Waals surface area (Å²) < 4.78 is 5.25. The van der Waals surface area contributed by atoms with Crippen LogP contribution in [0.5, 0.6) is 0 Å². The molecule has 1 amide bonds. The first-order valence-corrected chi connectivity index (χ1v) is 7.36. The third-order valence-electron chi connectivity index (χ3n) is 3.09. The van der Waals surface area contributed by atoms with Gasteiger partial charge in [0.1, 0.15) is 10.8 Å². The van der Waals surface area contributed by atoms with Crippen LogP contribution in [0, 0.1) is 6.92 Å². The lowest BCUT2D eigenvalue weighted by molar-refractivity contribution is 0.0509. The van der Waals surface area contributed by atoms with Crippen molar-refractivity contribution in [2.45, 2.75) is 45.8 Å². The molecule has 0 spiro atoms. The summed E-state index contributed by atoms with van der Waals surface area (Å²) in [5.41, 5.74) is 0.360. The van der Waals surface area contributed by atoms with Crippen LogP contribution in [0.25, 0.3) is 0 Å². The fourth-order valence-electron chi connectivity index (χ4n) is 2.10. The summed E-state index contributed by atoms with van der Waals surface area (Å²) in [6, 6.07) is 0.0310. The number of anilines is 1. The normalized spacial score (nSPS) is 18.7. The van der Waals surface area contributed by atoms with Crippen LogP contribution in [0.2, 0.25) is 5.15 Å². The van der Waals surface area contributed by atoms with Gasteiger partial charge in [-0.25, -0.2) is 14.8 Å². The van der Waals surface area contributed by atoms with Gasteiger partial charge in [0.2, 0.25) is 5.95 Å². The molecule has 1 fully saturated rings. The molecule has 0 bridgehead atoms. The maximum absolute atomic E-state index is 11.8. The number of rotatable bonds is 2. The summed E-state index contributed by atoms with van der Waals surface area (Å²) in [5.74, 6) is 0.596. The van der Waals surface area contributed by atoms with Crippen molar-refractivity contribution >= 4 is 23.6 Å². The zero-order chi connectivity index (χ0) is 15.6. The number of halogens is 1. The standard InChI is InChI=1S/C14H21ClN4O2/c1-9-7-16-12(18-11(9)15)19-6-5-10(8-19)17-13(20)21-14(2,3)4/h7,10H,5-6,8H2,1-4H3,(H,17,20). The fourth-order valence-corrected chi connectivity index (χ4v) is 2.22. The Morgan fingerprint density at radius 1 is 1.52 bits per heavy atom. The van der Waals surface area contributed by atoms with Crippen LogP contribution in [-0.2, 0) is 4.74 Å². The van der Waals surface area contributed by atoms with Gasteiger partial charge in [0.25, 0.3) is 0 Å². The molecule has 6 nitrogen and oxygen atoms in total. The number of carbonyl (C=O) groups excluding carboxylic acids is 1. The smallest absolute Gasteiger partial charge is 0.407 e. The highest BCUT2D eigenvalue weighted by atomic mass is 35.5. The van der Waals surface area contributed by atoms with Crippen LogP contribution in [0.4, 0.5) is 10.7 Å². The molecule has 0 radical (unpaired) electrons.